The number of nitrogens with zero attached hydrogens (tertiary/aromatic N) is 4. The first-order chi connectivity index (χ1) is 7.69. The van der Waals surface area contributed by atoms with Gasteiger partial charge in [-0.1, -0.05) is 11.6 Å². The van der Waals surface area contributed by atoms with Crippen molar-refractivity contribution < 1.29 is 4.79 Å². The van der Waals surface area contributed by atoms with E-state index in [0.717, 1.165) is 4.90 Å². The number of hydrogen-bond donors (Lipinski definition) is 0. The summed E-state index contributed by atoms with van der Waals surface area (Å²) in [5.41, 5.74) is 0.123. The van der Waals surface area contributed by atoms with Crippen LogP contribution in [0.25, 0.3) is 0 Å². The summed E-state index contributed by atoms with van der Waals surface area (Å²) >= 11 is 5.71. The SMILES string of the molecule is N#CCN(CC#N)C(=O)c1cc(Cl)ccn1. The van der Waals surface area contributed by atoms with Gasteiger partial charge in [0, 0.05) is 11.2 Å². The molecule has 0 N–H and O–H groups in total. The van der Waals surface area contributed by atoms with Gasteiger partial charge in [-0.2, -0.15) is 10.5 Å². The van der Waals surface area contributed by atoms with Gasteiger partial charge in [-0.05, 0) is 12.1 Å². The largest absolute Gasteiger partial charge is 0.311 e. The molecule has 16 heavy (non-hydrogen) atoms. The lowest BCUT2D eigenvalue weighted by Crippen LogP contribution is -2.32. The van der Waals surface area contributed by atoms with Crippen LogP contribution in [0, 0.1) is 22.7 Å². The summed E-state index contributed by atoms with van der Waals surface area (Å²) in [5, 5.41) is 17.4. The molecule has 5 nitrogen and oxygen atoms in total. The Morgan fingerprint density at radius 2 is 2.06 bits per heavy atom. The van der Waals surface area contributed by atoms with Crippen molar-refractivity contribution in [1.29, 1.82) is 10.5 Å². The second-order valence-electron chi connectivity index (χ2n) is 2.84. The number of pyridine rings is 1. The Balaban J connectivity index is 2.91. The average Bonchev–Trinajstić information content (AvgIpc) is 2.28. The summed E-state index contributed by atoms with van der Waals surface area (Å²) < 4.78 is 0. The number of rotatable bonds is 3. The molecule has 0 radical (unpaired) electrons. The van der Waals surface area contributed by atoms with Crippen LogP contribution in [0.2, 0.25) is 5.02 Å². The van der Waals surface area contributed by atoms with Crippen molar-refractivity contribution >= 4 is 17.5 Å². The van der Waals surface area contributed by atoms with E-state index in [0.29, 0.717) is 5.02 Å². The van der Waals surface area contributed by atoms with Crippen LogP contribution < -0.4 is 0 Å². The third-order valence-corrected chi connectivity index (χ3v) is 1.99. The van der Waals surface area contributed by atoms with Gasteiger partial charge < -0.3 is 4.90 Å². The molecule has 1 rings (SSSR count). The van der Waals surface area contributed by atoms with Gasteiger partial charge in [0.05, 0.1) is 12.1 Å². The molecular weight excluding hydrogens is 228 g/mol. The first-order valence-corrected chi connectivity index (χ1v) is 4.71. The summed E-state index contributed by atoms with van der Waals surface area (Å²) in [7, 11) is 0. The van der Waals surface area contributed by atoms with Crippen molar-refractivity contribution in [1.82, 2.24) is 9.88 Å². The fourth-order valence-electron chi connectivity index (χ4n) is 1.05. The Morgan fingerprint density at radius 3 is 2.56 bits per heavy atom. The molecule has 1 aromatic heterocycles. The van der Waals surface area contributed by atoms with Crippen molar-refractivity contribution in [2.75, 3.05) is 13.1 Å². The van der Waals surface area contributed by atoms with Gasteiger partial charge in [0.25, 0.3) is 5.91 Å². The number of halogens is 1. The molecule has 0 saturated carbocycles. The molecule has 0 aliphatic rings. The number of aromatic nitrogens is 1. The predicted molar refractivity (Wildman–Crippen MR) is 56.4 cm³/mol. The molecule has 1 amide bonds. The third kappa shape index (κ3) is 2.94. The average molecular weight is 235 g/mol. The van der Waals surface area contributed by atoms with E-state index in [1.807, 2.05) is 12.1 Å². The van der Waals surface area contributed by atoms with E-state index in [4.69, 9.17) is 22.1 Å². The molecule has 1 heterocycles. The van der Waals surface area contributed by atoms with Crippen molar-refractivity contribution in [2.24, 2.45) is 0 Å². The number of hydrogen-bond acceptors (Lipinski definition) is 4. The summed E-state index contributed by atoms with van der Waals surface area (Å²) in [6.07, 6.45) is 1.40. The van der Waals surface area contributed by atoms with Gasteiger partial charge in [0.2, 0.25) is 0 Å². The zero-order chi connectivity index (χ0) is 12.0. The number of amides is 1. The summed E-state index contributed by atoms with van der Waals surface area (Å²) in [4.78, 5) is 16.7. The maximum atomic E-state index is 11.8. The van der Waals surface area contributed by atoms with E-state index in [1.54, 1.807) is 0 Å². The van der Waals surface area contributed by atoms with E-state index in [1.165, 1.54) is 18.3 Å². The smallest absolute Gasteiger partial charge is 0.274 e. The van der Waals surface area contributed by atoms with Crippen LogP contribution in [0.5, 0.6) is 0 Å². The van der Waals surface area contributed by atoms with Crippen molar-refractivity contribution in [2.45, 2.75) is 0 Å². The molecule has 1 aromatic rings. The molecule has 0 bridgehead atoms. The Kier molecular flexibility index (Phi) is 4.26. The highest BCUT2D eigenvalue weighted by atomic mass is 35.5. The normalized spacial score (nSPS) is 8.94. The maximum Gasteiger partial charge on any atom is 0.274 e. The zero-order valence-electron chi connectivity index (χ0n) is 8.22. The molecule has 0 atom stereocenters. The molecule has 0 saturated heterocycles. The van der Waals surface area contributed by atoms with E-state index in [-0.39, 0.29) is 18.8 Å². The molecule has 0 aromatic carbocycles. The summed E-state index contributed by atoms with van der Waals surface area (Å²) in [6, 6.07) is 6.56. The van der Waals surface area contributed by atoms with Crippen LogP contribution in [-0.4, -0.2) is 28.9 Å². The van der Waals surface area contributed by atoms with Gasteiger partial charge >= 0.3 is 0 Å². The number of carbonyl (C=O) groups is 1. The molecule has 0 unspecified atom stereocenters. The Hall–Kier alpha value is -2.11. The zero-order valence-corrected chi connectivity index (χ0v) is 8.98. The monoisotopic (exact) mass is 234 g/mol. The molecule has 0 aliphatic carbocycles. The van der Waals surface area contributed by atoms with E-state index in [9.17, 15) is 4.79 Å². The van der Waals surface area contributed by atoms with Gasteiger partial charge in [0.15, 0.2) is 0 Å². The lowest BCUT2D eigenvalue weighted by atomic mass is 10.3. The summed E-state index contributed by atoms with van der Waals surface area (Å²) in [5.74, 6) is -0.481. The lowest BCUT2D eigenvalue weighted by molar-refractivity contribution is 0.0789. The highest BCUT2D eigenvalue weighted by molar-refractivity contribution is 6.30. The second kappa shape index (κ2) is 5.69. The van der Waals surface area contributed by atoms with Crippen LogP contribution in [0.3, 0.4) is 0 Å². The predicted octanol–water partition coefficient (Wildman–Crippen LogP) is 1.22. The molecule has 0 aliphatic heterocycles. The van der Waals surface area contributed by atoms with Crippen molar-refractivity contribution in [3.63, 3.8) is 0 Å². The van der Waals surface area contributed by atoms with Gasteiger partial charge in [-0.3, -0.25) is 9.78 Å². The standard InChI is InChI=1S/C10H7ClN4O/c11-8-1-4-14-9(7-8)10(16)15(5-2-12)6-3-13/h1,4,7H,5-6H2. The van der Waals surface area contributed by atoms with Gasteiger partial charge in [-0.25, -0.2) is 0 Å². The topological polar surface area (TPSA) is 80.8 Å². The number of nitriles is 2. The van der Waals surface area contributed by atoms with Crippen molar-refractivity contribution in [3.05, 3.63) is 29.0 Å². The fraction of sp³-hybridized carbons (Fsp3) is 0.200. The van der Waals surface area contributed by atoms with Gasteiger partial charge in [-0.15, -0.1) is 0 Å². The molecule has 6 heteroatoms. The van der Waals surface area contributed by atoms with Crippen LogP contribution in [-0.2, 0) is 0 Å². The van der Waals surface area contributed by atoms with Crippen molar-refractivity contribution in [3.8, 4) is 12.1 Å². The van der Waals surface area contributed by atoms with Crippen LogP contribution >= 0.6 is 11.6 Å². The molecule has 80 valence electrons. The molecule has 0 fully saturated rings. The summed E-state index contributed by atoms with van der Waals surface area (Å²) in [6.45, 7) is -0.304. The van der Waals surface area contributed by atoms with E-state index in [2.05, 4.69) is 4.98 Å². The Labute approximate surface area is 97.5 Å². The second-order valence-corrected chi connectivity index (χ2v) is 3.27. The Morgan fingerprint density at radius 1 is 1.44 bits per heavy atom. The maximum absolute atomic E-state index is 11.8. The Bertz CT molecular complexity index is 458. The lowest BCUT2D eigenvalue weighted by Gasteiger charge is -2.14. The van der Waals surface area contributed by atoms with Crippen LogP contribution in [0.4, 0.5) is 0 Å². The minimum absolute atomic E-state index is 0.123. The highest BCUT2D eigenvalue weighted by Gasteiger charge is 2.16. The minimum Gasteiger partial charge on any atom is -0.311 e. The molecular formula is C10H7ClN4O. The number of carbonyl (C=O) groups excluding carboxylic acids is 1. The molecule has 0 spiro atoms. The van der Waals surface area contributed by atoms with Gasteiger partial charge in [0.1, 0.15) is 18.8 Å². The minimum atomic E-state index is -0.481. The highest BCUT2D eigenvalue weighted by Crippen LogP contribution is 2.09. The van der Waals surface area contributed by atoms with E-state index >= 15 is 0 Å². The first kappa shape index (κ1) is 12.0. The quantitative estimate of drug-likeness (QED) is 0.737. The van der Waals surface area contributed by atoms with Crippen LogP contribution in [0.1, 0.15) is 10.5 Å². The third-order valence-electron chi connectivity index (χ3n) is 1.75. The van der Waals surface area contributed by atoms with E-state index < -0.39 is 5.91 Å². The first-order valence-electron chi connectivity index (χ1n) is 4.33. The fourth-order valence-corrected chi connectivity index (χ4v) is 1.21. The van der Waals surface area contributed by atoms with Crippen LogP contribution in [0.15, 0.2) is 18.3 Å².